The minimum atomic E-state index is -2.03. The Morgan fingerprint density at radius 2 is 1.50 bits per heavy atom. The van der Waals surface area contributed by atoms with Gasteiger partial charge in [-0.3, -0.25) is 0 Å². The van der Waals surface area contributed by atoms with E-state index in [0.29, 0.717) is 22.4 Å². The van der Waals surface area contributed by atoms with E-state index >= 15 is 0 Å². The predicted molar refractivity (Wildman–Crippen MR) is 175 cm³/mol. The largest absolute Gasteiger partial charge is 0 e. The Hall–Kier alpha value is -3.19. The summed E-state index contributed by atoms with van der Waals surface area (Å²) in [7, 11) is 0. The number of hydrogen-bond donors (Lipinski definition) is 0. The second-order valence-corrected chi connectivity index (χ2v) is 22.6. The second kappa shape index (κ2) is 13.8. The van der Waals surface area contributed by atoms with Crippen LogP contribution in [0.3, 0.4) is 0 Å². The van der Waals surface area contributed by atoms with Crippen LogP contribution in [0.4, 0.5) is 8.78 Å². The number of fused-ring (bicyclic) bond motifs is 3. The van der Waals surface area contributed by atoms with Crippen LogP contribution in [0.5, 0.6) is 0 Å². The van der Waals surface area contributed by atoms with Crippen LogP contribution in [0.25, 0.3) is 44.5 Å². The van der Waals surface area contributed by atoms with Crippen LogP contribution in [0.2, 0.25) is 17.3 Å². The first-order valence-electron chi connectivity index (χ1n) is 15.2. The fraction of sp³-hybridized carbons (Fsp3) is 0.243. The van der Waals surface area contributed by atoms with Crippen LogP contribution in [0, 0.1) is 23.8 Å². The minimum Gasteiger partial charge on any atom is 0 e. The van der Waals surface area contributed by atoms with E-state index in [0.717, 1.165) is 33.8 Å². The third-order valence-electron chi connectivity index (χ3n) is 7.28. The molecule has 6 rings (SSSR count). The molecule has 7 heteroatoms. The van der Waals surface area contributed by atoms with E-state index in [2.05, 4.69) is 45.4 Å². The van der Waals surface area contributed by atoms with Crippen LogP contribution < -0.4 is 4.40 Å². The third-order valence-corrected chi connectivity index (χ3v) is 11.5. The van der Waals surface area contributed by atoms with Crippen LogP contribution in [-0.2, 0) is 20.1 Å². The molecule has 6 aromatic rings. The first kappa shape index (κ1) is 30.8. The summed E-state index contributed by atoms with van der Waals surface area (Å²) in [5.74, 6) is 4.44. The smallest absolute Gasteiger partial charge is 0 e. The molecule has 0 unspecified atom stereocenters. The third kappa shape index (κ3) is 7.20. The van der Waals surface area contributed by atoms with Gasteiger partial charge in [0.1, 0.15) is 17.2 Å². The van der Waals surface area contributed by atoms with E-state index in [9.17, 15) is 8.78 Å². The summed E-state index contributed by atoms with van der Waals surface area (Å²) in [5, 5.41) is 1.59. The average molecular weight is 830 g/mol. The van der Waals surface area contributed by atoms with Crippen molar-refractivity contribution in [1.29, 1.82) is 0 Å². The molecule has 0 aliphatic carbocycles. The van der Waals surface area contributed by atoms with Gasteiger partial charge in [-0.15, -0.1) is 18.2 Å². The molecule has 3 heterocycles. The first-order chi connectivity index (χ1) is 21.0. The summed E-state index contributed by atoms with van der Waals surface area (Å²) in [6.07, 6.45) is 3.11. The second-order valence-electron chi connectivity index (χ2n) is 12.0. The molecule has 44 heavy (non-hydrogen) atoms. The Bertz CT molecular complexity index is 2000. The molecular formula is C37H36F2GeIrN2O-2. The number of pyridine rings is 2. The molecule has 3 aromatic heterocycles. The van der Waals surface area contributed by atoms with Crippen LogP contribution >= 0.6 is 0 Å². The molecule has 0 N–H and O–H groups in total. The summed E-state index contributed by atoms with van der Waals surface area (Å²) < 4.78 is 51.2. The van der Waals surface area contributed by atoms with Crippen molar-refractivity contribution < 1.29 is 36.0 Å². The first-order valence-corrected chi connectivity index (χ1v) is 21.6. The standard InChI is InChI=1S/C20H14F2NO.C17H22GeN.Ir/c1-11(2)16-9-18(23-10-17(16)22)15-5-3-4-14-13-7-6-12(21)8-19(13)24-20(14)15;1-13(2)15-11-17(14-9-7-6-8-10-14)19-12-16(15)18(3,4)5;/h3-4,6-11H,1-2H3;6-9,11-13H,1-5H3;/q2*-1;/i11D;13D;. The molecule has 0 saturated carbocycles. The SMILES string of the molecule is [2H]C(C)(C)c1cc(-c2[c-]ccc3c2oc2cc(F)ccc23)ncc1F.[2H]C(C)(C)c1cc(-c2[c-]cccc2)nc[c]1[Ge]([CH3])([CH3])[CH3].[Ir]. The van der Waals surface area contributed by atoms with Crippen molar-refractivity contribution in [2.24, 2.45) is 0 Å². The van der Waals surface area contributed by atoms with E-state index < -0.39 is 30.9 Å². The Morgan fingerprint density at radius 3 is 2.16 bits per heavy atom. The molecule has 229 valence electrons. The molecule has 0 aliphatic rings. The minimum absolute atomic E-state index is 0. The van der Waals surface area contributed by atoms with E-state index in [1.165, 1.54) is 16.5 Å². The summed E-state index contributed by atoms with van der Waals surface area (Å²) in [5.41, 5.74) is 5.22. The number of nitrogens with zero attached hydrogens (tertiary/aromatic N) is 2. The zero-order valence-electron chi connectivity index (χ0n) is 27.9. The Labute approximate surface area is 277 Å². The molecule has 0 amide bonds. The van der Waals surface area contributed by atoms with Gasteiger partial charge in [-0.1, -0.05) is 30.9 Å². The fourth-order valence-corrected chi connectivity index (χ4v) is 8.35. The van der Waals surface area contributed by atoms with Crippen molar-refractivity contribution in [3.8, 4) is 22.5 Å². The molecule has 0 bridgehead atoms. The topological polar surface area (TPSA) is 38.9 Å². The maximum atomic E-state index is 14.0. The molecule has 0 aliphatic heterocycles. The van der Waals surface area contributed by atoms with E-state index in [-0.39, 0.29) is 31.5 Å². The summed E-state index contributed by atoms with van der Waals surface area (Å²) in [6, 6.07) is 25.7. The molecule has 0 spiro atoms. The van der Waals surface area contributed by atoms with Crippen molar-refractivity contribution in [2.75, 3.05) is 0 Å². The van der Waals surface area contributed by atoms with E-state index in [1.54, 1.807) is 32.0 Å². The summed E-state index contributed by atoms with van der Waals surface area (Å²) in [4.78, 5) is 8.76. The van der Waals surface area contributed by atoms with Crippen LogP contribution in [-0.4, -0.2) is 23.2 Å². The summed E-state index contributed by atoms with van der Waals surface area (Å²) >= 11 is -2.03. The zero-order valence-corrected chi connectivity index (χ0v) is 30.4. The quantitative estimate of drug-likeness (QED) is 0.128. The molecule has 0 saturated heterocycles. The molecule has 3 aromatic carbocycles. The van der Waals surface area contributed by atoms with Gasteiger partial charge in [-0.25, -0.2) is 8.78 Å². The molecule has 0 fully saturated rings. The number of rotatable bonds is 5. The maximum Gasteiger partial charge on any atom is 0 e. The molecular weight excluding hydrogens is 791 g/mol. The van der Waals surface area contributed by atoms with Crippen molar-refractivity contribution in [1.82, 2.24) is 9.97 Å². The van der Waals surface area contributed by atoms with Crippen LogP contribution in [0.1, 0.15) is 53.4 Å². The van der Waals surface area contributed by atoms with Gasteiger partial charge in [-0.05, 0) is 29.3 Å². The van der Waals surface area contributed by atoms with Crippen molar-refractivity contribution >= 4 is 39.6 Å². The maximum absolute atomic E-state index is 14.0. The van der Waals surface area contributed by atoms with Gasteiger partial charge in [0, 0.05) is 32.9 Å². The monoisotopic (exact) mass is 831 g/mol. The van der Waals surface area contributed by atoms with Crippen LogP contribution in [0.15, 0.2) is 83.5 Å². The van der Waals surface area contributed by atoms with Gasteiger partial charge in [-0.2, -0.15) is 0 Å². The Balaban J connectivity index is 0.000000210. The normalized spacial score (nSPS) is 12.7. The van der Waals surface area contributed by atoms with Gasteiger partial charge in [0.15, 0.2) is 0 Å². The number of halogens is 2. The van der Waals surface area contributed by atoms with E-state index in [1.807, 2.05) is 50.4 Å². The van der Waals surface area contributed by atoms with E-state index in [4.69, 9.17) is 7.16 Å². The zero-order chi connectivity index (χ0) is 32.7. The number of aromatic nitrogens is 2. The molecule has 3 nitrogen and oxygen atoms in total. The number of furan rings is 1. The molecule has 0 atom stereocenters. The Kier molecular flexibility index (Phi) is 9.70. The fourth-order valence-electron chi connectivity index (χ4n) is 5.03. The Morgan fingerprint density at radius 1 is 0.795 bits per heavy atom. The summed E-state index contributed by atoms with van der Waals surface area (Å²) in [6.45, 7) is 7.14. The van der Waals surface area contributed by atoms with Crippen molar-refractivity contribution in [3.63, 3.8) is 0 Å². The van der Waals surface area contributed by atoms with Gasteiger partial charge in [0.2, 0.25) is 0 Å². The predicted octanol–water partition coefficient (Wildman–Crippen LogP) is 10.1. The average Bonchev–Trinajstić information content (AvgIpc) is 3.34. The van der Waals surface area contributed by atoms with Gasteiger partial charge in [0.05, 0.1) is 11.8 Å². The van der Waals surface area contributed by atoms with Crippen molar-refractivity contribution in [2.45, 2.75) is 56.8 Å². The van der Waals surface area contributed by atoms with Gasteiger partial charge < -0.3 is 9.40 Å². The van der Waals surface area contributed by atoms with Gasteiger partial charge in [0.25, 0.3) is 0 Å². The van der Waals surface area contributed by atoms with Gasteiger partial charge >= 0.3 is 120 Å². The molecule has 1 radical (unpaired) electrons. The number of benzene rings is 3. The number of hydrogen-bond acceptors (Lipinski definition) is 3. The van der Waals surface area contributed by atoms with Crippen molar-refractivity contribution in [3.05, 3.63) is 114 Å².